The Bertz CT molecular complexity index is 257. The van der Waals surface area contributed by atoms with Gasteiger partial charge in [0, 0.05) is 24.7 Å². The van der Waals surface area contributed by atoms with E-state index in [1.165, 1.54) is 0 Å². The maximum absolute atomic E-state index is 8.62. The average molecular weight is 223 g/mol. The lowest BCUT2D eigenvalue weighted by Gasteiger charge is -2.26. The van der Waals surface area contributed by atoms with E-state index in [2.05, 4.69) is 50.6 Å². The van der Waals surface area contributed by atoms with E-state index in [9.17, 15) is 0 Å². The van der Waals surface area contributed by atoms with Crippen molar-refractivity contribution in [3.8, 4) is 6.07 Å². The molecule has 3 nitrogen and oxygen atoms in total. The molecule has 3 heteroatoms. The van der Waals surface area contributed by atoms with Crippen LogP contribution in [0.4, 0.5) is 0 Å². The third-order valence-electron chi connectivity index (χ3n) is 2.48. The van der Waals surface area contributed by atoms with Crippen molar-refractivity contribution in [1.29, 1.82) is 5.26 Å². The number of likely N-dealkylation sites (N-methyl/N-ethyl adjacent to an activating group) is 1. The fourth-order valence-electron chi connectivity index (χ4n) is 1.24. The molecule has 0 aromatic rings. The maximum Gasteiger partial charge on any atom is 0.0638 e. The molecule has 0 bridgehead atoms. The van der Waals surface area contributed by atoms with Gasteiger partial charge in [-0.15, -0.1) is 0 Å². The maximum atomic E-state index is 8.62. The minimum Gasteiger partial charge on any atom is -0.308 e. The summed E-state index contributed by atoms with van der Waals surface area (Å²) < 4.78 is 0. The van der Waals surface area contributed by atoms with Crippen molar-refractivity contribution in [3.63, 3.8) is 0 Å². The highest BCUT2D eigenvalue weighted by Crippen LogP contribution is 2.05. The second-order valence-electron chi connectivity index (χ2n) is 5.48. The van der Waals surface area contributed by atoms with Crippen LogP contribution in [0, 0.1) is 11.3 Å². The van der Waals surface area contributed by atoms with Crippen molar-refractivity contribution in [3.05, 3.63) is 12.2 Å². The van der Waals surface area contributed by atoms with Gasteiger partial charge in [0.2, 0.25) is 0 Å². The second-order valence-corrected chi connectivity index (χ2v) is 5.48. The summed E-state index contributed by atoms with van der Waals surface area (Å²) in [6.45, 7) is 14.2. The Balaban J connectivity index is 3.92. The van der Waals surface area contributed by atoms with Gasteiger partial charge in [-0.05, 0) is 40.3 Å². The zero-order valence-corrected chi connectivity index (χ0v) is 11.3. The predicted octanol–water partition coefficient (Wildman–Crippen LogP) is 2.16. The summed E-state index contributed by atoms with van der Waals surface area (Å²) in [5, 5.41) is 12.0. The summed E-state index contributed by atoms with van der Waals surface area (Å²) in [4.78, 5) is 2.16. The van der Waals surface area contributed by atoms with Crippen LogP contribution in [0.1, 0.15) is 34.1 Å². The van der Waals surface area contributed by atoms with Crippen LogP contribution in [0.3, 0.4) is 0 Å². The molecule has 0 aromatic carbocycles. The molecule has 0 saturated carbocycles. The van der Waals surface area contributed by atoms with Crippen LogP contribution < -0.4 is 5.32 Å². The van der Waals surface area contributed by atoms with Gasteiger partial charge in [-0.3, -0.25) is 4.90 Å². The first-order valence-electron chi connectivity index (χ1n) is 5.75. The Kier molecular flexibility index (Phi) is 6.32. The zero-order chi connectivity index (χ0) is 12.8. The highest BCUT2D eigenvalue weighted by atomic mass is 15.1. The number of hydrogen-bond donors (Lipinski definition) is 1. The molecular weight excluding hydrogens is 198 g/mol. The van der Waals surface area contributed by atoms with Crippen molar-refractivity contribution >= 4 is 0 Å². The lowest BCUT2D eigenvalue weighted by Crippen LogP contribution is -2.39. The minimum atomic E-state index is 0.125. The van der Waals surface area contributed by atoms with E-state index in [0.29, 0.717) is 6.42 Å². The topological polar surface area (TPSA) is 39.1 Å². The van der Waals surface area contributed by atoms with Crippen molar-refractivity contribution < 1.29 is 0 Å². The molecule has 0 radical (unpaired) electrons. The number of hydrogen-bond acceptors (Lipinski definition) is 3. The Morgan fingerprint density at radius 2 is 2.06 bits per heavy atom. The summed E-state index contributed by atoms with van der Waals surface area (Å²) >= 11 is 0. The van der Waals surface area contributed by atoms with Gasteiger partial charge in [0.1, 0.15) is 0 Å². The van der Waals surface area contributed by atoms with Crippen LogP contribution in [0.25, 0.3) is 0 Å². The summed E-state index contributed by atoms with van der Waals surface area (Å²) in [6.07, 6.45) is 0.566. The van der Waals surface area contributed by atoms with Gasteiger partial charge >= 0.3 is 0 Å². The Morgan fingerprint density at radius 3 is 2.50 bits per heavy atom. The van der Waals surface area contributed by atoms with E-state index < -0.39 is 0 Å². The lowest BCUT2D eigenvalue weighted by molar-refractivity contribution is 0.278. The predicted molar refractivity (Wildman–Crippen MR) is 69.2 cm³/mol. The van der Waals surface area contributed by atoms with Crippen LogP contribution >= 0.6 is 0 Å². The van der Waals surface area contributed by atoms with E-state index in [4.69, 9.17) is 5.26 Å². The van der Waals surface area contributed by atoms with E-state index in [-0.39, 0.29) is 11.6 Å². The van der Waals surface area contributed by atoms with Gasteiger partial charge in [-0.25, -0.2) is 0 Å². The highest BCUT2D eigenvalue weighted by molar-refractivity contribution is 5.01. The molecule has 0 heterocycles. The van der Waals surface area contributed by atoms with E-state index in [0.717, 1.165) is 18.7 Å². The third kappa shape index (κ3) is 7.44. The van der Waals surface area contributed by atoms with Crippen LogP contribution in [0.5, 0.6) is 0 Å². The van der Waals surface area contributed by atoms with Crippen LogP contribution in [0.2, 0.25) is 0 Å². The van der Waals surface area contributed by atoms with Gasteiger partial charge in [0.05, 0.1) is 12.5 Å². The summed E-state index contributed by atoms with van der Waals surface area (Å²) in [7, 11) is 2.03. The van der Waals surface area contributed by atoms with Crippen molar-refractivity contribution in [2.24, 2.45) is 0 Å². The highest BCUT2D eigenvalue weighted by Gasteiger charge is 2.12. The molecule has 1 unspecified atom stereocenters. The van der Waals surface area contributed by atoms with E-state index in [1.54, 1.807) is 0 Å². The largest absolute Gasteiger partial charge is 0.308 e. The Hall–Kier alpha value is -0.850. The third-order valence-corrected chi connectivity index (χ3v) is 2.48. The minimum absolute atomic E-state index is 0.125. The molecule has 0 rings (SSSR count). The second kappa shape index (κ2) is 6.67. The SMILES string of the molecule is C=C(CNC(C)(C)C)CN(C)C(C)CC#N. The first kappa shape index (κ1) is 15.2. The fraction of sp³-hybridized carbons (Fsp3) is 0.769. The molecule has 0 aromatic heterocycles. The van der Waals surface area contributed by atoms with Crippen LogP contribution in [-0.2, 0) is 0 Å². The van der Waals surface area contributed by atoms with Gasteiger partial charge in [-0.2, -0.15) is 5.26 Å². The molecular formula is C13H25N3. The van der Waals surface area contributed by atoms with Crippen molar-refractivity contribution in [2.45, 2.75) is 45.7 Å². The Labute approximate surface area is 100 Å². The molecule has 0 aliphatic rings. The number of rotatable bonds is 6. The molecule has 0 spiro atoms. The number of nitriles is 1. The van der Waals surface area contributed by atoms with E-state index >= 15 is 0 Å². The molecule has 1 N–H and O–H groups in total. The molecule has 0 aliphatic carbocycles. The van der Waals surface area contributed by atoms with Crippen LogP contribution in [-0.4, -0.2) is 36.6 Å². The fourth-order valence-corrected chi connectivity index (χ4v) is 1.24. The lowest BCUT2D eigenvalue weighted by atomic mass is 10.1. The summed E-state index contributed by atoms with van der Waals surface area (Å²) in [5.74, 6) is 0. The molecule has 16 heavy (non-hydrogen) atoms. The molecule has 0 aliphatic heterocycles. The quantitative estimate of drug-likeness (QED) is 0.701. The standard InChI is InChI=1S/C13H25N3/c1-11(9-15-13(3,4)5)10-16(6)12(2)7-8-14/h12,15H,1,7,9-10H2,2-6H3. The molecule has 1 atom stereocenters. The van der Waals surface area contributed by atoms with Gasteiger partial charge < -0.3 is 5.32 Å². The van der Waals surface area contributed by atoms with Gasteiger partial charge in [-0.1, -0.05) is 6.58 Å². The van der Waals surface area contributed by atoms with Crippen molar-refractivity contribution in [1.82, 2.24) is 10.2 Å². The smallest absolute Gasteiger partial charge is 0.0638 e. The van der Waals surface area contributed by atoms with Crippen molar-refractivity contribution in [2.75, 3.05) is 20.1 Å². The molecule has 0 fully saturated rings. The van der Waals surface area contributed by atoms with Gasteiger partial charge in [0.25, 0.3) is 0 Å². The average Bonchev–Trinajstić information content (AvgIpc) is 2.14. The molecule has 0 amide bonds. The van der Waals surface area contributed by atoms with Gasteiger partial charge in [0.15, 0.2) is 0 Å². The monoisotopic (exact) mass is 223 g/mol. The number of nitrogens with one attached hydrogen (secondary N) is 1. The molecule has 92 valence electrons. The normalized spacial score (nSPS) is 13.6. The summed E-state index contributed by atoms with van der Waals surface area (Å²) in [5.41, 5.74) is 1.28. The first-order valence-corrected chi connectivity index (χ1v) is 5.75. The number of nitrogens with zero attached hydrogens (tertiary/aromatic N) is 2. The summed E-state index contributed by atoms with van der Waals surface area (Å²) in [6, 6.07) is 2.48. The van der Waals surface area contributed by atoms with E-state index in [1.807, 2.05) is 7.05 Å². The first-order chi connectivity index (χ1) is 7.26. The zero-order valence-electron chi connectivity index (χ0n) is 11.3. The Morgan fingerprint density at radius 1 is 1.50 bits per heavy atom. The van der Waals surface area contributed by atoms with Crippen LogP contribution in [0.15, 0.2) is 12.2 Å². The molecule has 0 saturated heterocycles.